The SMILES string of the molecule is CCN(CC)c1nc(Cl)nc(Oc2cc(C)cc(C)c2)n1. The van der Waals surface area contributed by atoms with Crippen LogP contribution in [0.2, 0.25) is 5.28 Å². The van der Waals surface area contributed by atoms with Crippen LogP contribution in [-0.4, -0.2) is 28.0 Å². The molecule has 0 spiro atoms. The van der Waals surface area contributed by atoms with Crippen molar-refractivity contribution in [3.05, 3.63) is 34.6 Å². The molecular formula is C15H19ClN4O. The molecule has 0 aliphatic carbocycles. The standard InChI is InChI=1S/C15H19ClN4O/c1-5-20(6-2)14-17-13(16)18-15(19-14)21-12-8-10(3)7-11(4)9-12/h7-9H,5-6H2,1-4H3. The first-order valence-corrected chi connectivity index (χ1v) is 7.32. The van der Waals surface area contributed by atoms with Gasteiger partial charge in [-0.15, -0.1) is 0 Å². The second-order valence-electron chi connectivity index (χ2n) is 4.78. The predicted octanol–water partition coefficient (Wildman–Crippen LogP) is 3.78. The third-order valence-electron chi connectivity index (χ3n) is 3.03. The molecule has 6 heteroatoms. The minimum Gasteiger partial charge on any atom is -0.424 e. The van der Waals surface area contributed by atoms with Crippen LogP contribution in [-0.2, 0) is 0 Å². The van der Waals surface area contributed by atoms with Crippen LogP contribution in [0.25, 0.3) is 0 Å². The molecule has 5 nitrogen and oxygen atoms in total. The van der Waals surface area contributed by atoms with Crippen molar-refractivity contribution >= 4 is 17.5 Å². The van der Waals surface area contributed by atoms with Crippen molar-refractivity contribution in [1.82, 2.24) is 15.0 Å². The molecule has 1 aromatic carbocycles. The van der Waals surface area contributed by atoms with Crippen LogP contribution >= 0.6 is 11.6 Å². The number of aromatic nitrogens is 3. The molecule has 0 N–H and O–H groups in total. The zero-order chi connectivity index (χ0) is 15.4. The number of hydrogen-bond donors (Lipinski definition) is 0. The first kappa shape index (κ1) is 15.5. The average molecular weight is 307 g/mol. The third-order valence-corrected chi connectivity index (χ3v) is 3.20. The lowest BCUT2D eigenvalue weighted by Crippen LogP contribution is -2.24. The highest BCUT2D eigenvalue weighted by Gasteiger charge is 2.12. The zero-order valence-electron chi connectivity index (χ0n) is 12.7. The fraction of sp³-hybridized carbons (Fsp3) is 0.400. The van der Waals surface area contributed by atoms with Crippen molar-refractivity contribution < 1.29 is 4.74 Å². The van der Waals surface area contributed by atoms with E-state index in [9.17, 15) is 0 Å². The van der Waals surface area contributed by atoms with Gasteiger partial charge in [-0.3, -0.25) is 0 Å². The Bertz CT molecular complexity index is 609. The molecule has 0 saturated heterocycles. The van der Waals surface area contributed by atoms with Gasteiger partial charge in [0.1, 0.15) is 5.75 Å². The highest BCUT2D eigenvalue weighted by Crippen LogP contribution is 2.23. The number of ether oxygens (including phenoxy) is 1. The molecule has 0 aliphatic rings. The van der Waals surface area contributed by atoms with Crippen LogP contribution in [0.4, 0.5) is 5.95 Å². The molecule has 1 aromatic heterocycles. The lowest BCUT2D eigenvalue weighted by atomic mass is 10.1. The largest absolute Gasteiger partial charge is 0.424 e. The summed E-state index contributed by atoms with van der Waals surface area (Å²) in [5.41, 5.74) is 2.24. The molecule has 0 atom stereocenters. The van der Waals surface area contributed by atoms with Crippen molar-refractivity contribution in [3.8, 4) is 11.8 Å². The van der Waals surface area contributed by atoms with E-state index in [1.807, 2.05) is 44.7 Å². The Morgan fingerprint density at radius 3 is 2.19 bits per heavy atom. The smallest absolute Gasteiger partial charge is 0.328 e. The maximum Gasteiger partial charge on any atom is 0.328 e. The molecule has 2 rings (SSSR count). The monoisotopic (exact) mass is 306 g/mol. The van der Waals surface area contributed by atoms with Crippen molar-refractivity contribution in [2.75, 3.05) is 18.0 Å². The molecule has 0 fully saturated rings. The van der Waals surface area contributed by atoms with Gasteiger partial charge >= 0.3 is 6.01 Å². The quantitative estimate of drug-likeness (QED) is 0.841. The second kappa shape index (κ2) is 6.72. The molecule has 0 amide bonds. The first-order chi connectivity index (χ1) is 10.0. The van der Waals surface area contributed by atoms with Gasteiger partial charge in [0.15, 0.2) is 0 Å². The number of rotatable bonds is 5. The van der Waals surface area contributed by atoms with Crippen molar-refractivity contribution in [2.24, 2.45) is 0 Å². The number of aryl methyl sites for hydroxylation is 2. The minimum atomic E-state index is 0.131. The molecule has 112 valence electrons. The molecule has 21 heavy (non-hydrogen) atoms. The number of nitrogens with zero attached hydrogens (tertiary/aromatic N) is 4. The lowest BCUT2D eigenvalue weighted by molar-refractivity contribution is 0.438. The average Bonchev–Trinajstić information content (AvgIpc) is 2.38. The van der Waals surface area contributed by atoms with Gasteiger partial charge in [0.25, 0.3) is 0 Å². The second-order valence-corrected chi connectivity index (χ2v) is 5.12. The molecule has 1 heterocycles. The molecule has 0 unspecified atom stereocenters. The van der Waals surface area contributed by atoms with Gasteiger partial charge in [0, 0.05) is 13.1 Å². The van der Waals surface area contributed by atoms with E-state index >= 15 is 0 Å². The van der Waals surface area contributed by atoms with Gasteiger partial charge in [0.2, 0.25) is 11.2 Å². The number of halogens is 1. The van der Waals surface area contributed by atoms with E-state index in [2.05, 4.69) is 21.0 Å². The Morgan fingerprint density at radius 2 is 1.62 bits per heavy atom. The van der Waals surface area contributed by atoms with Gasteiger partial charge in [-0.05, 0) is 62.6 Å². The van der Waals surface area contributed by atoms with Gasteiger partial charge < -0.3 is 9.64 Å². The van der Waals surface area contributed by atoms with Crippen LogP contribution in [0.15, 0.2) is 18.2 Å². The van der Waals surface area contributed by atoms with E-state index in [0.29, 0.717) is 11.7 Å². The maximum absolute atomic E-state index is 5.97. The summed E-state index contributed by atoms with van der Waals surface area (Å²) in [5, 5.41) is 0.131. The lowest BCUT2D eigenvalue weighted by Gasteiger charge is -2.18. The van der Waals surface area contributed by atoms with Crippen LogP contribution in [0.5, 0.6) is 11.8 Å². The van der Waals surface area contributed by atoms with E-state index in [1.165, 1.54) is 0 Å². The number of hydrogen-bond acceptors (Lipinski definition) is 5. The molecule has 2 aromatic rings. The Morgan fingerprint density at radius 1 is 1.00 bits per heavy atom. The fourth-order valence-electron chi connectivity index (χ4n) is 2.11. The molecular weight excluding hydrogens is 288 g/mol. The summed E-state index contributed by atoms with van der Waals surface area (Å²) < 4.78 is 5.73. The third kappa shape index (κ3) is 4.04. The van der Waals surface area contributed by atoms with Gasteiger partial charge in [-0.1, -0.05) is 6.07 Å². The molecule has 0 saturated carbocycles. The van der Waals surface area contributed by atoms with Crippen LogP contribution in [0, 0.1) is 13.8 Å². The van der Waals surface area contributed by atoms with Gasteiger partial charge in [-0.2, -0.15) is 15.0 Å². The summed E-state index contributed by atoms with van der Waals surface area (Å²) in [5.74, 6) is 1.22. The predicted molar refractivity (Wildman–Crippen MR) is 84.4 cm³/mol. The van der Waals surface area contributed by atoms with Crippen LogP contribution < -0.4 is 9.64 Å². The Balaban J connectivity index is 2.31. The van der Waals surface area contributed by atoms with E-state index in [1.54, 1.807) is 0 Å². The van der Waals surface area contributed by atoms with Crippen LogP contribution in [0.1, 0.15) is 25.0 Å². The topological polar surface area (TPSA) is 51.1 Å². The first-order valence-electron chi connectivity index (χ1n) is 6.94. The van der Waals surface area contributed by atoms with E-state index < -0.39 is 0 Å². The Kier molecular flexibility index (Phi) is 4.96. The van der Waals surface area contributed by atoms with Crippen molar-refractivity contribution in [2.45, 2.75) is 27.7 Å². The van der Waals surface area contributed by atoms with Crippen molar-refractivity contribution in [1.29, 1.82) is 0 Å². The highest BCUT2D eigenvalue weighted by atomic mass is 35.5. The number of anilines is 1. The van der Waals surface area contributed by atoms with E-state index in [0.717, 1.165) is 24.2 Å². The minimum absolute atomic E-state index is 0.131. The zero-order valence-corrected chi connectivity index (χ0v) is 13.5. The van der Waals surface area contributed by atoms with E-state index in [4.69, 9.17) is 16.3 Å². The summed E-state index contributed by atoms with van der Waals surface area (Å²) in [6.07, 6.45) is 0. The summed E-state index contributed by atoms with van der Waals surface area (Å²) in [4.78, 5) is 14.5. The summed E-state index contributed by atoms with van der Waals surface area (Å²) in [7, 11) is 0. The maximum atomic E-state index is 5.97. The Hall–Kier alpha value is -1.88. The molecule has 0 aliphatic heterocycles. The summed E-state index contributed by atoms with van der Waals surface area (Å²) in [6.45, 7) is 9.68. The molecule has 0 bridgehead atoms. The number of benzene rings is 1. The van der Waals surface area contributed by atoms with E-state index in [-0.39, 0.29) is 11.3 Å². The Labute approximate surface area is 130 Å². The summed E-state index contributed by atoms with van der Waals surface area (Å²) in [6, 6.07) is 6.15. The van der Waals surface area contributed by atoms with Crippen LogP contribution in [0.3, 0.4) is 0 Å². The normalized spacial score (nSPS) is 10.5. The fourth-order valence-corrected chi connectivity index (χ4v) is 2.26. The summed E-state index contributed by atoms with van der Waals surface area (Å²) >= 11 is 5.97. The molecule has 0 radical (unpaired) electrons. The van der Waals surface area contributed by atoms with Gasteiger partial charge in [0.05, 0.1) is 0 Å². The van der Waals surface area contributed by atoms with Crippen molar-refractivity contribution in [3.63, 3.8) is 0 Å². The van der Waals surface area contributed by atoms with Gasteiger partial charge in [-0.25, -0.2) is 0 Å². The highest BCUT2D eigenvalue weighted by molar-refractivity contribution is 6.28.